The Bertz CT molecular complexity index is 613. The zero-order valence-corrected chi connectivity index (χ0v) is 12.3. The predicted octanol–water partition coefficient (Wildman–Crippen LogP) is 2.12. The first-order valence-electron chi connectivity index (χ1n) is 6.66. The topological polar surface area (TPSA) is 52.0 Å². The number of halogens is 1. The molecular formula is C14H17ClN4O. The lowest BCUT2D eigenvalue weighted by Gasteiger charge is -2.16. The molecule has 2 atom stereocenters. The third-order valence-electron chi connectivity index (χ3n) is 3.55. The van der Waals surface area contributed by atoms with Crippen LogP contribution in [-0.4, -0.2) is 27.4 Å². The highest BCUT2D eigenvalue weighted by Crippen LogP contribution is 2.30. The highest BCUT2D eigenvalue weighted by atomic mass is 35.5. The van der Waals surface area contributed by atoms with Crippen molar-refractivity contribution in [1.29, 1.82) is 0 Å². The number of ether oxygens (including phenoxy) is 1. The van der Waals surface area contributed by atoms with Gasteiger partial charge in [-0.1, -0.05) is 11.6 Å². The number of hydrogen-bond acceptors (Lipinski definition) is 4. The van der Waals surface area contributed by atoms with E-state index in [0.717, 1.165) is 29.6 Å². The smallest absolute Gasteiger partial charge is 0.149 e. The van der Waals surface area contributed by atoms with Crippen LogP contribution in [0.3, 0.4) is 0 Å². The number of benzene rings is 1. The number of nitrogens with one attached hydrogen (secondary N) is 1. The van der Waals surface area contributed by atoms with Crippen molar-refractivity contribution in [3.8, 4) is 5.75 Å². The largest absolute Gasteiger partial charge is 0.488 e. The summed E-state index contributed by atoms with van der Waals surface area (Å²) in [7, 11) is 1.94. The molecule has 2 aromatic rings. The Morgan fingerprint density at radius 2 is 2.40 bits per heavy atom. The van der Waals surface area contributed by atoms with Gasteiger partial charge in [0.05, 0.1) is 6.04 Å². The van der Waals surface area contributed by atoms with Gasteiger partial charge in [-0.25, -0.2) is 0 Å². The summed E-state index contributed by atoms with van der Waals surface area (Å²) in [6, 6.07) is 5.91. The molecule has 1 aliphatic heterocycles. The molecule has 106 valence electrons. The third kappa shape index (κ3) is 2.64. The van der Waals surface area contributed by atoms with Gasteiger partial charge >= 0.3 is 0 Å². The van der Waals surface area contributed by atoms with E-state index in [9.17, 15) is 0 Å². The summed E-state index contributed by atoms with van der Waals surface area (Å²) in [4.78, 5) is 0. The van der Waals surface area contributed by atoms with E-state index in [4.69, 9.17) is 16.3 Å². The number of nitrogens with zero attached hydrogens (tertiary/aromatic N) is 3. The molecular weight excluding hydrogens is 276 g/mol. The van der Waals surface area contributed by atoms with Crippen molar-refractivity contribution in [1.82, 2.24) is 20.1 Å². The Morgan fingerprint density at radius 3 is 3.15 bits per heavy atom. The lowest BCUT2D eigenvalue weighted by atomic mass is 10.1. The average Bonchev–Trinajstić information content (AvgIpc) is 3.01. The average molecular weight is 293 g/mol. The Kier molecular flexibility index (Phi) is 3.63. The number of aromatic nitrogens is 3. The highest BCUT2D eigenvalue weighted by molar-refractivity contribution is 6.30. The summed E-state index contributed by atoms with van der Waals surface area (Å²) in [5.41, 5.74) is 1.18. The molecule has 0 saturated heterocycles. The molecule has 2 heterocycles. The first kappa shape index (κ1) is 13.4. The first-order valence-corrected chi connectivity index (χ1v) is 7.03. The molecule has 5 nitrogen and oxygen atoms in total. The fourth-order valence-electron chi connectivity index (χ4n) is 2.49. The van der Waals surface area contributed by atoms with Gasteiger partial charge in [0.1, 0.15) is 24.0 Å². The highest BCUT2D eigenvalue weighted by Gasteiger charge is 2.23. The summed E-state index contributed by atoms with van der Waals surface area (Å²) in [6.07, 6.45) is 2.73. The molecule has 1 aromatic heterocycles. The van der Waals surface area contributed by atoms with Crippen molar-refractivity contribution in [3.63, 3.8) is 0 Å². The fraction of sp³-hybridized carbons (Fsp3) is 0.429. The molecule has 1 N–H and O–H groups in total. The summed E-state index contributed by atoms with van der Waals surface area (Å²) < 4.78 is 7.81. The van der Waals surface area contributed by atoms with Gasteiger partial charge in [-0.2, -0.15) is 0 Å². The van der Waals surface area contributed by atoms with Gasteiger partial charge < -0.3 is 14.6 Å². The van der Waals surface area contributed by atoms with Crippen molar-refractivity contribution in [2.24, 2.45) is 7.05 Å². The van der Waals surface area contributed by atoms with Gasteiger partial charge in [0.2, 0.25) is 0 Å². The third-order valence-corrected chi connectivity index (χ3v) is 3.78. The first-order chi connectivity index (χ1) is 9.63. The van der Waals surface area contributed by atoms with E-state index in [1.54, 1.807) is 6.33 Å². The maximum atomic E-state index is 5.99. The van der Waals surface area contributed by atoms with Crippen LogP contribution in [0.15, 0.2) is 24.5 Å². The van der Waals surface area contributed by atoms with E-state index >= 15 is 0 Å². The van der Waals surface area contributed by atoms with Crippen molar-refractivity contribution in [2.45, 2.75) is 25.5 Å². The minimum atomic E-state index is 0.137. The van der Waals surface area contributed by atoms with Crippen LogP contribution in [0, 0.1) is 0 Å². The maximum absolute atomic E-state index is 5.99. The molecule has 0 fully saturated rings. The van der Waals surface area contributed by atoms with Crippen LogP contribution in [-0.2, 0) is 13.5 Å². The van der Waals surface area contributed by atoms with Gasteiger partial charge in [0.25, 0.3) is 0 Å². The molecule has 0 amide bonds. The van der Waals surface area contributed by atoms with Crippen LogP contribution in [0.25, 0.3) is 0 Å². The summed E-state index contributed by atoms with van der Waals surface area (Å²) >= 11 is 5.99. The van der Waals surface area contributed by atoms with Crippen LogP contribution >= 0.6 is 11.6 Å². The molecule has 1 aliphatic rings. The van der Waals surface area contributed by atoms with Gasteiger partial charge in [-0.05, 0) is 30.7 Å². The molecule has 3 rings (SSSR count). The molecule has 6 heteroatoms. The van der Waals surface area contributed by atoms with Gasteiger partial charge in [0, 0.05) is 25.0 Å². The van der Waals surface area contributed by atoms with E-state index in [1.165, 1.54) is 5.56 Å². The van der Waals surface area contributed by atoms with Crippen molar-refractivity contribution in [2.75, 3.05) is 6.54 Å². The van der Waals surface area contributed by atoms with Crippen LogP contribution in [0.1, 0.15) is 24.4 Å². The number of hydrogen-bond donors (Lipinski definition) is 1. The molecule has 0 bridgehead atoms. The molecule has 20 heavy (non-hydrogen) atoms. The zero-order valence-electron chi connectivity index (χ0n) is 11.5. The van der Waals surface area contributed by atoms with E-state index in [-0.39, 0.29) is 12.1 Å². The van der Waals surface area contributed by atoms with E-state index < -0.39 is 0 Å². The quantitative estimate of drug-likeness (QED) is 0.938. The molecule has 0 spiro atoms. The minimum absolute atomic E-state index is 0.137. The number of rotatable bonds is 4. The molecule has 0 aliphatic carbocycles. The van der Waals surface area contributed by atoms with Crippen molar-refractivity contribution < 1.29 is 4.74 Å². The second kappa shape index (κ2) is 5.42. The summed E-state index contributed by atoms with van der Waals surface area (Å²) in [6.45, 7) is 2.84. The normalized spacial score (nSPS) is 18.6. The lowest BCUT2D eigenvalue weighted by molar-refractivity contribution is 0.221. The Morgan fingerprint density at radius 1 is 1.55 bits per heavy atom. The maximum Gasteiger partial charge on any atom is 0.149 e. The molecule has 0 radical (unpaired) electrons. The summed E-state index contributed by atoms with van der Waals surface area (Å²) in [5.74, 6) is 1.86. The predicted molar refractivity (Wildman–Crippen MR) is 77.0 cm³/mol. The molecule has 2 unspecified atom stereocenters. The zero-order chi connectivity index (χ0) is 14.1. The lowest BCUT2D eigenvalue weighted by Crippen LogP contribution is -2.32. The molecule has 1 aromatic carbocycles. The monoisotopic (exact) mass is 292 g/mol. The minimum Gasteiger partial charge on any atom is -0.488 e. The van der Waals surface area contributed by atoms with Crippen LogP contribution in [0.4, 0.5) is 0 Å². The fourth-order valence-corrected chi connectivity index (χ4v) is 2.68. The number of fused-ring (bicyclic) bond motifs is 1. The second-order valence-electron chi connectivity index (χ2n) is 5.13. The van der Waals surface area contributed by atoms with E-state index in [1.807, 2.05) is 29.8 Å². The molecule has 0 saturated carbocycles. The Labute approximate surface area is 122 Å². The second-order valence-corrected chi connectivity index (χ2v) is 5.56. The van der Waals surface area contributed by atoms with Gasteiger partial charge in [0.15, 0.2) is 0 Å². The van der Waals surface area contributed by atoms with E-state index in [2.05, 4.69) is 22.4 Å². The summed E-state index contributed by atoms with van der Waals surface area (Å²) in [5, 5.41) is 12.2. The van der Waals surface area contributed by atoms with Gasteiger partial charge in [-0.3, -0.25) is 0 Å². The van der Waals surface area contributed by atoms with Crippen LogP contribution in [0.2, 0.25) is 5.02 Å². The van der Waals surface area contributed by atoms with E-state index in [0.29, 0.717) is 0 Å². The van der Waals surface area contributed by atoms with Crippen LogP contribution in [0.5, 0.6) is 5.75 Å². The standard InChI is InChI=1S/C14H17ClN4O/c1-9(14-18-17-8-19(14)2)16-7-12-6-10-5-11(15)3-4-13(10)20-12/h3-5,8-9,12,16H,6-7H2,1-2H3. The number of aryl methyl sites for hydroxylation is 1. The van der Waals surface area contributed by atoms with Crippen molar-refractivity contribution >= 4 is 11.6 Å². The Hall–Kier alpha value is -1.59. The van der Waals surface area contributed by atoms with Gasteiger partial charge in [-0.15, -0.1) is 10.2 Å². The van der Waals surface area contributed by atoms with Crippen LogP contribution < -0.4 is 10.1 Å². The Balaban J connectivity index is 1.57. The SMILES string of the molecule is CC(NCC1Cc2cc(Cl)ccc2O1)c1nncn1C. The van der Waals surface area contributed by atoms with Crippen molar-refractivity contribution in [3.05, 3.63) is 40.9 Å².